The standard InChI is InChI=1S/C21H39N5O6/c1-10(2)7-13(22)18(28)24-14(8-11(3)4)19(29)26-17(12(5)6)20(30)25-15(21(31)32)9-16(23)27/h10-15,17H,7-9,22H2,1-6H3,(H2,23,27)(H,24,28)(H,25,30)(H,26,29)(H,31,32). The van der Waals surface area contributed by atoms with E-state index >= 15 is 0 Å². The first-order chi connectivity index (χ1) is 14.6. The Morgan fingerprint density at radius 1 is 0.750 bits per heavy atom. The van der Waals surface area contributed by atoms with Gasteiger partial charge in [0.25, 0.3) is 0 Å². The molecule has 0 radical (unpaired) electrons. The van der Waals surface area contributed by atoms with Gasteiger partial charge in [0, 0.05) is 0 Å². The molecule has 0 spiro atoms. The van der Waals surface area contributed by atoms with Crippen molar-refractivity contribution in [2.45, 2.75) is 85.0 Å². The van der Waals surface area contributed by atoms with E-state index in [1.54, 1.807) is 13.8 Å². The highest BCUT2D eigenvalue weighted by Gasteiger charge is 2.32. The number of carboxylic acids is 1. The lowest BCUT2D eigenvalue weighted by Gasteiger charge is -2.27. The van der Waals surface area contributed by atoms with E-state index in [-0.39, 0.29) is 11.8 Å². The number of primary amides is 1. The van der Waals surface area contributed by atoms with Crippen molar-refractivity contribution in [1.29, 1.82) is 0 Å². The van der Waals surface area contributed by atoms with Crippen LogP contribution < -0.4 is 27.4 Å². The summed E-state index contributed by atoms with van der Waals surface area (Å²) in [7, 11) is 0. The summed E-state index contributed by atoms with van der Waals surface area (Å²) in [4.78, 5) is 60.4. The highest BCUT2D eigenvalue weighted by Crippen LogP contribution is 2.10. The number of nitrogens with one attached hydrogen (secondary N) is 3. The van der Waals surface area contributed by atoms with Gasteiger partial charge in [-0.25, -0.2) is 4.79 Å². The monoisotopic (exact) mass is 457 g/mol. The molecule has 0 saturated heterocycles. The molecule has 4 amide bonds. The SMILES string of the molecule is CC(C)CC(N)C(=O)NC(CC(C)C)C(=O)NC(C(=O)NC(CC(N)=O)C(=O)O)C(C)C. The molecule has 4 atom stereocenters. The zero-order chi connectivity index (χ0) is 25.2. The normalized spacial score (nSPS) is 15.1. The molecule has 184 valence electrons. The average Bonchev–Trinajstić information content (AvgIpc) is 2.62. The van der Waals surface area contributed by atoms with E-state index in [0.717, 1.165) is 0 Å². The molecule has 0 bridgehead atoms. The third-order valence-electron chi connectivity index (χ3n) is 4.67. The summed E-state index contributed by atoms with van der Waals surface area (Å²) in [6.45, 7) is 11.0. The Labute approximate surface area is 189 Å². The minimum Gasteiger partial charge on any atom is -0.480 e. The Kier molecular flexibility index (Phi) is 12.5. The predicted molar refractivity (Wildman–Crippen MR) is 119 cm³/mol. The van der Waals surface area contributed by atoms with Crippen molar-refractivity contribution < 1.29 is 29.1 Å². The Morgan fingerprint density at radius 2 is 1.25 bits per heavy atom. The van der Waals surface area contributed by atoms with Gasteiger partial charge in [-0.05, 0) is 30.6 Å². The molecule has 0 fully saturated rings. The van der Waals surface area contributed by atoms with Gasteiger partial charge in [0.15, 0.2) is 0 Å². The predicted octanol–water partition coefficient (Wildman–Crippen LogP) is -0.524. The maximum atomic E-state index is 12.9. The van der Waals surface area contributed by atoms with E-state index in [2.05, 4.69) is 16.0 Å². The van der Waals surface area contributed by atoms with Crippen molar-refractivity contribution in [3.8, 4) is 0 Å². The molecule has 0 saturated carbocycles. The number of nitrogens with two attached hydrogens (primary N) is 2. The van der Waals surface area contributed by atoms with Crippen LogP contribution in [0, 0.1) is 17.8 Å². The van der Waals surface area contributed by atoms with Crippen LogP contribution in [0.3, 0.4) is 0 Å². The molecule has 0 aliphatic rings. The summed E-state index contributed by atoms with van der Waals surface area (Å²) in [5.41, 5.74) is 11.0. The number of hydrogen-bond acceptors (Lipinski definition) is 6. The van der Waals surface area contributed by atoms with Gasteiger partial charge >= 0.3 is 5.97 Å². The smallest absolute Gasteiger partial charge is 0.326 e. The second-order valence-electron chi connectivity index (χ2n) is 9.23. The van der Waals surface area contributed by atoms with Crippen molar-refractivity contribution in [3.05, 3.63) is 0 Å². The molecule has 0 aromatic carbocycles. The first kappa shape index (κ1) is 29.3. The molecule has 0 aromatic heterocycles. The number of hydrogen-bond donors (Lipinski definition) is 6. The third-order valence-corrected chi connectivity index (χ3v) is 4.67. The van der Waals surface area contributed by atoms with Gasteiger partial charge in [-0.15, -0.1) is 0 Å². The number of amides is 4. The third kappa shape index (κ3) is 11.1. The van der Waals surface area contributed by atoms with Gasteiger partial charge < -0.3 is 32.5 Å². The van der Waals surface area contributed by atoms with Crippen molar-refractivity contribution in [2.75, 3.05) is 0 Å². The minimum absolute atomic E-state index is 0.0608. The summed E-state index contributed by atoms with van der Waals surface area (Å²) in [5.74, 6) is -4.27. The van der Waals surface area contributed by atoms with Crippen LogP contribution in [-0.2, 0) is 24.0 Å². The fourth-order valence-electron chi connectivity index (χ4n) is 3.05. The van der Waals surface area contributed by atoms with E-state index < -0.39 is 66.1 Å². The van der Waals surface area contributed by atoms with Crippen LogP contribution in [0.15, 0.2) is 0 Å². The molecule has 0 aromatic rings. The van der Waals surface area contributed by atoms with Gasteiger partial charge in [0.1, 0.15) is 18.1 Å². The lowest BCUT2D eigenvalue weighted by atomic mass is 9.98. The van der Waals surface area contributed by atoms with E-state index in [0.29, 0.717) is 12.8 Å². The van der Waals surface area contributed by atoms with E-state index in [1.165, 1.54) is 0 Å². The van der Waals surface area contributed by atoms with E-state index in [4.69, 9.17) is 11.5 Å². The van der Waals surface area contributed by atoms with Crippen molar-refractivity contribution in [3.63, 3.8) is 0 Å². The van der Waals surface area contributed by atoms with Crippen LogP contribution in [-0.4, -0.2) is 58.9 Å². The molecule has 0 rings (SSSR count). The second-order valence-corrected chi connectivity index (χ2v) is 9.23. The molecule has 11 nitrogen and oxygen atoms in total. The Balaban J connectivity index is 5.43. The number of rotatable bonds is 14. The summed E-state index contributed by atoms with van der Waals surface area (Å²) in [5, 5.41) is 16.7. The van der Waals surface area contributed by atoms with E-state index in [1.807, 2.05) is 27.7 Å². The summed E-state index contributed by atoms with van der Waals surface area (Å²) >= 11 is 0. The van der Waals surface area contributed by atoms with Gasteiger partial charge in [-0.3, -0.25) is 19.2 Å². The maximum absolute atomic E-state index is 12.9. The van der Waals surface area contributed by atoms with Crippen molar-refractivity contribution in [2.24, 2.45) is 29.2 Å². The molecule has 4 unspecified atom stereocenters. The van der Waals surface area contributed by atoms with Gasteiger partial charge in [-0.1, -0.05) is 41.5 Å². The molecule has 0 heterocycles. The Bertz CT molecular complexity index is 680. The average molecular weight is 458 g/mol. The molecule has 11 heteroatoms. The minimum atomic E-state index is -1.52. The Morgan fingerprint density at radius 3 is 1.66 bits per heavy atom. The molecule has 0 aliphatic carbocycles. The number of carbonyl (C=O) groups is 5. The van der Waals surface area contributed by atoms with Crippen molar-refractivity contribution >= 4 is 29.6 Å². The van der Waals surface area contributed by atoms with Gasteiger partial charge in [-0.2, -0.15) is 0 Å². The fourth-order valence-corrected chi connectivity index (χ4v) is 3.05. The highest BCUT2D eigenvalue weighted by atomic mass is 16.4. The fraction of sp³-hybridized carbons (Fsp3) is 0.762. The zero-order valence-corrected chi connectivity index (χ0v) is 19.8. The molecular formula is C21H39N5O6. The largest absolute Gasteiger partial charge is 0.480 e. The molecule has 32 heavy (non-hydrogen) atoms. The van der Waals surface area contributed by atoms with Crippen molar-refractivity contribution in [1.82, 2.24) is 16.0 Å². The van der Waals surface area contributed by atoms with Crippen LogP contribution in [0.25, 0.3) is 0 Å². The quantitative estimate of drug-likeness (QED) is 0.202. The summed E-state index contributed by atoms with van der Waals surface area (Å²) < 4.78 is 0. The number of carbonyl (C=O) groups excluding carboxylic acids is 4. The summed E-state index contributed by atoms with van der Waals surface area (Å²) in [6, 6.07) is -4.30. The highest BCUT2D eigenvalue weighted by molar-refractivity contribution is 5.95. The van der Waals surface area contributed by atoms with Crippen LogP contribution in [0.1, 0.15) is 60.8 Å². The molecular weight excluding hydrogens is 418 g/mol. The summed E-state index contributed by atoms with van der Waals surface area (Å²) in [6.07, 6.45) is 0.187. The van der Waals surface area contributed by atoms with E-state index in [9.17, 15) is 29.1 Å². The van der Waals surface area contributed by atoms with Crippen LogP contribution in [0.4, 0.5) is 0 Å². The lowest BCUT2D eigenvalue weighted by Crippen LogP contribution is -2.58. The number of carboxylic acid groups (broad SMARTS) is 1. The zero-order valence-electron chi connectivity index (χ0n) is 19.8. The maximum Gasteiger partial charge on any atom is 0.326 e. The van der Waals surface area contributed by atoms with Gasteiger partial charge in [0.05, 0.1) is 12.5 Å². The molecule has 0 aliphatic heterocycles. The topological polar surface area (TPSA) is 194 Å². The van der Waals surface area contributed by atoms with Crippen LogP contribution in [0.2, 0.25) is 0 Å². The Hall–Kier alpha value is -2.69. The molecule has 8 N–H and O–H groups in total. The second kappa shape index (κ2) is 13.7. The first-order valence-corrected chi connectivity index (χ1v) is 10.8. The number of aliphatic carboxylic acids is 1. The van der Waals surface area contributed by atoms with Crippen LogP contribution >= 0.6 is 0 Å². The lowest BCUT2D eigenvalue weighted by molar-refractivity contribution is -0.144. The van der Waals surface area contributed by atoms with Crippen LogP contribution in [0.5, 0.6) is 0 Å². The first-order valence-electron chi connectivity index (χ1n) is 10.8. The van der Waals surface area contributed by atoms with Gasteiger partial charge in [0.2, 0.25) is 23.6 Å².